The van der Waals surface area contributed by atoms with Crippen LogP contribution in [0.25, 0.3) is 10.2 Å². The van der Waals surface area contributed by atoms with Gasteiger partial charge in [-0.25, -0.2) is 4.98 Å². The molecule has 2 heterocycles. The first-order valence-electron chi connectivity index (χ1n) is 6.89. The van der Waals surface area contributed by atoms with E-state index in [0.717, 1.165) is 15.2 Å². The van der Waals surface area contributed by atoms with Gasteiger partial charge in [0, 0.05) is 19.2 Å². The number of carbonyl (C=O) groups excluding carboxylic acids is 1. The molecule has 0 radical (unpaired) electrons. The highest BCUT2D eigenvalue weighted by molar-refractivity contribution is 7.18. The van der Waals surface area contributed by atoms with E-state index in [4.69, 9.17) is 0 Å². The third-order valence-corrected chi connectivity index (χ3v) is 4.82. The normalized spacial score (nSPS) is 12.3. The lowest BCUT2D eigenvalue weighted by Gasteiger charge is -2.22. The van der Waals surface area contributed by atoms with Crippen LogP contribution >= 0.6 is 11.3 Å². The van der Waals surface area contributed by atoms with E-state index in [1.165, 1.54) is 12.3 Å². The summed E-state index contributed by atoms with van der Waals surface area (Å²) in [6.07, 6.45) is 1.32. The Labute approximate surface area is 132 Å². The number of hydrogen-bond donors (Lipinski definition) is 0. The molecule has 3 aromatic rings. The van der Waals surface area contributed by atoms with Crippen molar-refractivity contribution in [3.63, 3.8) is 0 Å². The quantitative estimate of drug-likeness (QED) is 0.552. The summed E-state index contributed by atoms with van der Waals surface area (Å²) in [6.45, 7) is 1.91. The second kappa shape index (κ2) is 5.73. The minimum absolute atomic E-state index is 0.109. The topological polar surface area (TPSA) is 60.1 Å². The Balaban J connectivity index is 1.89. The number of benzene rings is 1. The maximum Gasteiger partial charge on any atom is 0.320 e. The monoisotopic (exact) mass is 313 g/mol. The molecule has 0 saturated heterocycles. The van der Waals surface area contributed by atoms with E-state index in [1.54, 1.807) is 35.4 Å². The average Bonchev–Trinajstić information content (AvgIpc) is 2.97. The van der Waals surface area contributed by atoms with Crippen molar-refractivity contribution in [2.24, 2.45) is 0 Å². The summed E-state index contributed by atoms with van der Waals surface area (Å²) in [7, 11) is 1.69. The molecule has 1 aromatic carbocycles. The number of para-hydroxylation sites is 1. The molecule has 0 fully saturated rings. The molecule has 2 aromatic heterocycles. The fourth-order valence-electron chi connectivity index (χ4n) is 2.18. The van der Waals surface area contributed by atoms with Gasteiger partial charge in [0.2, 0.25) is 0 Å². The Morgan fingerprint density at radius 1 is 1.27 bits per heavy atom. The molecule has 0 aliphatic heterocycles. The minimum Gasteiger partial charge on any atom is -0.618 e. The van der Waals surface area contributed by atoms with E-state index in [-0.39, 0.29) is 17.6 Å². The minimum atomic E-state index is -0.317. The lowest BCUT2D eigenvalue weighted by Crippen LogP contribution is -2.40. The highest BCUT2D eigenvalue weighted by atomic mass is 32.1. The molecule has 112 valence electrons. The van der Waals surface area contributed by atoms with Crippen molar-refractivity contribution < 1.29 is 9.52 Å². The van der Waals surface area contributed by atoms with Crippen molar-refractivity contribution in [2.75, 3.05) is 7.05 Å². The Kier molecular flexibility index (Phi) is 3.77. The van der Waals surface area contributed by atoms with E-state index in [9.17, 15) is 10.0 Å². The molecular formula is C16H15N3O2S. The van der Waals surface area contributed by atoms with Gasteiger partial charge in [-0.2, -0.15) is 4.73 Å². The maximum absolute atomic E-state index is 12.5. The van der Waals surface area contributed by atoms with Gasteiger partial charge in [-0.3, -0.25) is 4.79 Å². The molecule has 0 aliphatic rings. The number of pyridine rings is 1. The van der Waals surface area contributed by atoms with Gasteiger partial charge in [-0.1, -0.05) is 12.1 Å². The van der Waals surface area contributed by atoms with Crippen LogP contribution in [-0.4, -0.2) is 22.8 Å². The van der Waals surface area contributed by atoms with Gasteiger partial charge in [0.25, 0.3) is 5.69 Å². The van der Waals surface area contributed by atoms with Crippen molar-refractivity contribution >= 4 is 27.5 Å². The van der Waals surface area contributed by atoms with Crippen molar-refractivity contribution in [2.45, 2.75) is 13.0 Å². The predicted octanol–water partition coefficient (Wildman–Crippen LogP) is 2.76. The van der Waals surface area contributed by atoms with E-state index in [1.807, 2.05) is 31.2 Å². The first-order chi connectivity index (χ1) is 10.6. The third-order valence-electron chi connectivity index (χ3n) is 3.61. The zero-order valence-corrected chi connectivity index (χ0v) is 13.1. The van der Waals surface area contributed by atoms with Gasteiger partial charge >= 0.3 is 5.91 Å². The molecule has 1 atom stereocenters. The van der Waals surface area contributed by atoms with Crippen molar-refractivity contribution in [3.05, 3.63) is 64.6 Å². The van der Waals surface area contributed by atoms with Crippen LogP contribution in [0.3, 0.4) is 0 Å². The van der Waals surface area contributed by atoms with Crippen LogP contribution in [0.5, 0.6) is 0 Å². The molecule has 0 N–H and O–H groups in total. The van der Waals surface area contributed by atoms with Gasteiger partial charge in [0.15, 0.2) is 6.20 Å². The Morgan fingerprint density at radius 2 is 2.00 bits per heavy atom. The van der Waals surface area contributed by atoms with Crippen molar-refractivity contribution in [1.29, 1.82) is 0 Å². The zero-order valence-electron chi connectivity index (χ0n) is 12.3. The van der Waals surface area contributed by atoms with Gasteiger partial charge in [0.1, 0.15) is 5.01 Å². The molecule has 0 unspecified atom stereocenters. The van der Waals surface area contributed by atoms with Crippen molar-refractivity contribution in [3.8, 4) is 0 Å². The van der Waals surface area contributed by atoms with E-state index < -0.39 is 0 Å². The van der Waals surface area contributed by atoms with E-state index in [2.05, 4.69) is 4.98 Å². The number of fused-ring (bicyclic) bond motifs is 1. The van der Waals surface area contributed by atoms with Crippen LogP contribution in [0.1, 0.15) is 28.5 Å². The molecule has 22 heavy (non-hydrogen) atoms. The number of nitrogens with zero attached hydrogens (tertiary/aromatic N) is 3. The maximum atomic E-state index is 12.5. The fraction of sp³-hybridized carbons (Fsp3) is 0.188. The Hall–Kier alpha value is -2.47. The summed E-state index contributed by atoms with van der Waals surface area (Å²) >= 11 is 1.56. The van der Waals surface area contributed by atoms with E-state index >= 15 is 0 Å². The van der Waals surface area contributed by atoms with Gasteiger partial charge in [-0.15, -0.1) is 11.3 Å². The van der Waals surface area contributed by atoms with Crippen LogP contribution in [0.2, 0.25) is 0 Å². The average molecular weight is 313 g/mol. The molecule has 5 nitrogen and oxygen atoms in total. The number of carbonyl (C=O) groups is 1. The summed E-state index contributed by atoms with van der Waals surface area (Å²) in [4.78, 5) is 18.6. The first-order valence-corrected chi connectivity index (χ1v) is 7.70. The molecule has 3 rings (SSSR count). The molecule has 0 saturated carbocycles. The van der Waals surface area contributed by atoms with Crippen LogP contribution in [0.15, 0.2) is 48.7 Å². The smallest absolute Gasteiger partial charge is 0.320 e. The predicted molar refractivity (Wildman–Crippen MR) is 85.5 cm³/mol. The number of amides is 1. The van der Waals surface area contributed by atoms with Gasteiger partial charge in [0.05, 0.1) is 16.3 Å². The lowest BCUT2D eigenvalue weighted by atomic mass is 10.2. The SMILES string of the molecule is C[C@H](c1nc2ccccc2s1)N(C)C(=O)c1cccc[n+]1[O-]. The molecular weight excluding hydrogens is 298 g/mol. The Morgan fingerprint density at radius 3 is 2.73 bits per heavy atom. The van der Waals surface area contributed by atoms with Crippen LogP contribution in [-0.2, 0) is 0 Å². The number of aromatic nitrogens is 2. The fourth-order valence-corrected chi connectivity index (χ4v) is 3.25. The van der Waals surface area contributed by atoms with Crippen LogP contribution in [0, 0.1) is 5.21 Å². The molecule has 1 amide bonds. The lowest BCUT2D eigenvalue weighted by molar-refractivity contribution is -0.608. The highest BCUT2D eigenvalue weighted by Crippen LogP contribution is 2.29. The number of thiazole rings is 1. The highest BCUT2D eigenvalue weighted by Gasteiger charge is 2.26. The largest absolute Gasteiger partial charge is 0.618 e. The standard InChI is InChI=1S/C16H15N3O2S/c1-11(15-17-12-7-3-4-9-14(12)22-15)18(2)16(20)13-8-5-6-10-19(13)21/h3-11H,1-2H3/t11-/m1/s1. The van der Waals surface area contributed by atoms with Crippen LogP contribution < -0.4 is 4.73 Å². The summed E-state index contributed by atoms with van der Waals surface area (Å²) in [6, 6.07) is 12.5. The zero-order chi connectivity index (χ0) is 15.7. The van der Waals surface area contributed by atoms with Crippen LogP contribution in [0.4, 0.5) is 0 Å². The molecule has 0 spiro atoms. The molecule has 0 aliphatic carbocycles. The molecule has 6 heteroatoms. The van der Waals surface area contributed by atoms with E-state index in [0.29, 0.717) is 4.73 Å². The number of rotatable bonds is 3. The van der Waals surface area contributed by atoms with Crippen molar-refractivity contribution in [1.82, 2.24) is 9.88 Å². The molecule has 0 bridgehead atoms. The van der Waals surface area contributed by atoms with Gasteiger partial charge < -0.3 is 10.1 Å². The second-order valence-electron chi connectivity index (χ2n) is 5.02. The summed E-state index contributed by atoms with van der Waals surface area (Å²) < 4.78 is 1.67. The second-order valence-corrected chi connectivity index (χ2v) is 6.09. The number of hydrogen-bond acceptors (Lipinski definition) is 4. The first kappa shape index (κ1) is 14.5. The summed E-state index contributed by atoms with van der Waals surface area (Å²) in [5.41, 5.74) is 1.03. The Bertz CT molecular complexity index is 798. The van der Waals surface area contributed by atoms with Gasteiger partial charge in [-0.05, 0) is 25.1 Å². The summed E-state index contributed by atoms with van der Waals surface area (Å²) in [5.74, 6) is -0.317. The third kappa shape index (κ3) is 2.53. The summed E-state index contributed by atoms with van der Waals surface area (Å²) in [5, 5.41) is 12.6.